The molecule has 4 rings (SSSR count). The molecule has 1 aliphatic heterocycles. The van der Waals surface area contributed by atoms with Crippen molar-refractivity contribution in [3.8, 4) is 0 Å². The number of piperazine rings is 1. The van der Waals surface area contributed by atoms with Crippen molar-refractivity contribution in [1.29, 1.82) is 0 Å². The number of aryl methyl sites for hydroxylation is 1. The molecule has 2 unspecified atom stereocenters. The number of benzene rings is 1. The second kappa shape index (κ2) is 9.03. The minimum Gasteiger partial charge on any atom is -0.356 e. The molecule has 2 fully saturated rings. The van der Waals surface area contributed by atoms with Crippen LogP contribution in [0, 0.1) is 11.8 Å². The normalized spacial score (nSPS) is 21.0. The van der Waals surface area contributed by atoms with Crippen LogP contribution in [0.5, 0.6) is 0 Å². The molecule has 2 heterocycles. The predicted octanol–water partition coefficient (Wildman–Crippen LogP) is 1.51. The molecule has 0 bridgehead atoms. The van der Waals surface area contributed by atoms with Crippen molar-refractivity contribution in [2.45, 2.75) is 19.3 Å². The molecule has 0 spiro atoms. The van der Waals surface area contributed by atoms with Gasteiger partial charge in [-0.05, 0) is 30.9 Å². The molecule has 1 saturated carbocycles. The van der Waals surface area contributed by atoms with Gasteiger partial charge in [-0.3, -0.25) is 9.59 Å². The lowest BCUT2D eigenvalue weighted by atomic mass is 10.1. The lowest BCUT2D eigenvalue weighted by Crippen LogP contribution is -2.50. The van der Waals surface area contributed by atoms with E-state index in [9.17, 15) is 9.59 Å². The van der Waals surface area contributed by atoms with Crippen LogP contribution >= 0.6 is 0 Å². The summed E-state index contributed by atoms with van der Waals surface area (Å²) < 4.78 is 0. The third kappa shape index (κ3) is 4.91. The van der Waals surface area contributed by atoms with Gasteiger partial charge in [0.25, 0.3) is 0 Å². The van der Waals surface area contributed by atoms with Crippen LogP contribution in [0.4, 0.5) is 5.95 Å². The number of hydrogen-bond acceptors (Lipinski definition) is 5. The van der Waals surface area contributed by atoms with E-state index in [2.05, 4.69) is 32.3 Å². The topological polar surface area (TPSA) is 78.4 Å². The van der Waals surface area contributed by atoms with E-state index in [4.69, 9.17) is 0 Å². The number of anilines is 1. The molecular formula is C22H27N5O2. The summed E-state index contributed by atoms with van der Waals surface area (Å²) >= 11 is 0. The molecule has 152 valence electrons. The first-order chi connectivity index (χ1) is 14.2. The third-order valence-electron chi connectivity index (χ3n) is 5.66. The van der Waals surface area contributed by atoms with Crippen LogP contribution in [0.2, 0.25) is 0 Å². The number of nitrogens with zero attached hydrogens (tertiary/aromatic N) is 4. The van der Waals surface area contributed by atoms with E-state index in [0.29, 0.717) is 32.0 Å². The summed E-state index contributed by atoms with van der Waals surface area (Å²) in [4.78, 5) is 37.6. The highest BCUT2D eigenvalue weighted by molar-refractivity contribution is 5.92. The highest BCUT2D eigenvalue weighted by Crippen LogP contribution is 2.40. The van der Waals surface area contributed by atoms with Crippen molar-refractivity contribution < 1.29 is 9.59 Å². The van der Waals surface area contributed by atoms with E-state index < -0.39 is 0 Å². The van der Waals surface area contributed by atoms with Gasteiger partial charge in [-0.15, -0.1) is 0 Å². The van der Waals surface area contributed by atoms with Crippen LogP contribution in [0.15, 0.2) is 48.8 Å². The predicted molar refractivity (Wildman–Crippen MR) is 110 cm³/mol. The van der Waals surface area contributed by atoms with E-state index in [1.54, 1.807) is 18.5 Å². The average molecular weight is 393 g/mol. The first-order valence-corrected chi connectivity index (χ1v) is 10.3. The molecular weight excluding hydrogens is 366 g/mol. The Labute approximate surface area is 171 Å². The molecule has 1 N–H and O–H groups in total. The van der Waals surface area contributed by atoms with E-state index in [1.807, 2.05) is 23.1 Å². The Bertz CT molecular complexity index is 822. The van der Waals surface area contributed by atoms with Crippen molar-refractivity contribution >= 4 is 17.8 Å². The van der Waals surface area contributed by atoms with Crippen LogP contribution in [0.3, 0.4) is 0 Å². The summed E-state index contributed by atoms with van der Waals surface area (Å²) in [6, 6.07) is 12.1. The quantitative estimate of drug-likeness (QED) is 0.722. The maximum Gasteiger partial charge on any atom is 0.226 e. The van der Waals surface area contributed by atoms with Gasteiger partial charge in [0, 0.05) is 45.1 Å². The summed E-state index contributed by atoms with van der Waals surface area (Å²) in [5.41, 5.74) is 1.28. The average Bonchev–Trinajstić information content (AvgIpc) is 3.59. The maximum atomic E-state index is 12.7. The lowest BCUT2D eigenvalue weighted by Gasteiger charge is -2.34. The SMILES string of the molecule is O=C(NCCCc1ccccc1)C1CC1C(=O)N1CCN(c2ncccn2)CC1. The van der Waals surface area contributed by atoms with E-state index in [-0.39, 0.29) is 23.7 Å². The number of amides is 2. The molecule has 2 amide bonds. The van der Waals surface area contributed by atoms with E-state index in [1.165, 1.54) is 5.56 Å². The second-order valence-electron chi connectivity index (χ2n) is 7.69. The fourth-order valence-corrected chi connectivity index (χ4v) is 3.85. The van der Waals surface area contributed by atoms with Gasteiger partial charge < -0.3 is 15.1 Å². The first kappa shape index (κ1) is 19.4. The van der Waals surface area contributed by atoms with Gasteiger partial charge in [-0.2, -0.15) is 0 Å². The van der Waals surface area contributed by atoms with Crippen molar-refractivity contribution in [1.82, 2.24) is 20.2 Å². The molecule has 2 aromatic rings. The van der Waals surface area contributed by atoms with Crippen molar-refractivity contribution in [2.75, 3.05) is 37.6 Å². The largest absolute Gasteiger partial charge is 0.356 e. The zero-order valence-electron chi connectivity index (χ0n) is 16.5. The Morgan fingerprint density at radius 1 is 0.966 bits per heavy atom. The standard InChI is InChI=1S/C22H27N5O2/c28-20(23-9-4-8-17-6-2-1-3-7-17)18-16-19(18)21(29)26-12-14-27(15-13-26)22-24-10-5-11-25-22/h1-3,5-7,10-11,18-19H,4,8-9,12-16H2,(H,23,28). The number of hydrogen-bond donors (Lipinski definition) is 1. The van der Waals surface area contributed by atoms with E-state index in [0.717, 1.165) is 25.9 Å². The zero-order valence-corrected chi connectivity index (χ0v) is 16.5. The minimum atomic E-state index is -0.158. The van der Waals surface area contributed by atoms with E-state index >= 15 is 0 Å². The van der Waals surface area contributed by atoms with Gasteiger partial charge >= 0.3 is 0 Å². The van der Waals surface area contributed by atoms with Crippen LogP contribution in [-0.2, 0) is 16.0 Å². The molecule has 7 nitrogen and oxygen atoms in total. The van der Waals surface area contributed by atoms with Crippen LogP contribution in [0.25, 0.3) is 0 Å². The first-order valence-electron chi connectivity index (χ1n) is 10.3. The number of aromatic nitrogens is 2. The fourth-order valence-electron chi connectivity index (χ4n) is 3.85. The van der Waals surface area contributed by atoms with Crippen molar-refractivity contribution in [3.05, 3.63) is 54.4 Å². The van der Waals surface area contributed by atoms with Gasteiger partial charge in [0.2, 0.25) is 17.8 Å². The van der Waals surface area contributed by atoms with Gasteiger partial charge in [0.15, 0.2) is 0 Å². The van der Waals surface area contributed by atoms with Crippen LogP contribution in [-0.4, -0.2) is 59.4 Å². The molecule has 2 aliphatic rings. The summed E-state index contributed by atoms with van der Waals surface area (Å²) in [5, 5.41) is 3.00. The second-order valence-corrected chi connectivity index (χ2v) is 7.69. The van der Waals surface area contributed by atoms with Crippen LogP contribution < -0.4 is 10.2 Å². The Balaban J connectivity index is 1.16. The molecule has 29 heavy (non-hydrogen) atoms. The van der Waals surface area contributed by atoms with Crippen LogP contribution in [0.1, 0.15) is 18.4 Å². The van der Waals surface area contributed by atoms with Gasteiger partial charge in [0.1, 0.15) is 0 Å². The smallest absolute Gasteiger partial charge is 0.226 e. The summed E-state index contributed by atoms with van der Waals surface area (Å²) in [7, 11) is 0. The molecule has 1 aromatic carbocycles. The van der Waals surface area contributed by atoms with Crippen molar-refractivity contribution in [3.63, 3.8) is 0 Å². The zero-order chi connectivity index (χ0) is 20.1. The molecule has 0 radical (unpaired) electrons. The number of carbonyl (C=O) groups is 2. The van der Waals surface area contributed by atoms with Gasteiger partial charge in [-0.25, -0.2) is 9.97 Å². The Morgan fingerprint density at radius 2 is 1.69 bits per heavy atom. The lowest BCUT2D eigenvalue weighted by molar-refractivity contribution is -0.135. The monoisotopic (exact) mass is 393 g/mol. The summed E-state index contributed by atoms with van der Waals surface area (Å²) in [6.07, 6.45) is 5.99. The molecule has 1 aromatic heterocycles. The number of nitrogens with one attached hydrogen (secondary N) is 1. The molecule has 7 heteroatoms. The Kier molecular flexibility index (Phi) is 6.03. The third-order valence-corrected chi connectivity index (χ3v) is 5.66. The molecule has 1 saturated heterocycles. The minimum absolute atomic E-state index is 0.0210. The molecule has 2 atom stereocenters. The maximum absolute atomic E-state index is 12.7. The highest BCUT2D eigenvalue weighted by Gasteiger charge is 2.49. The summed E-state index contributed by atoms with van der Waals surface area (Å²) in [6.45, 7) is 3.40. The Hall–Kier alpha value is -2.96. The fraction of sp³-hybridized carbons (Fsp3) is 0.455. The van der Waals surface area contributed by atoms with Gasteiger partial charge in [0.05, 0.1) is 11.8 Å². The number of carbonyl (C=O) groups excluding carboxylic acids is 2. The van der Waals surface area contributed by atoms with Crippen molar-refractivity contribution in [2.24, 2.45) is 11.8 Å². The van der Waals surface area contributed by atoms with Gasteiger partial charge in [-0.1, -0.05) is 30.3 Å². The number of rotatable bonds is 7. The summed E-state index contributed by atoms with van der Waals surface area (Å²) in [5.74, 6) is 0.535. The molecule has 1 aliphatic carbocycles. The Morgan fingerprint density at radius 3 is 2.41 bits per heavy atom. The highest BCUT2D eigenvalue weighted by atomic mass is 16.2.